The lowest BCUT2D eigenvalue weighted by molar-refractivity contribution is 0.105. The van der Waals surface area contributed by atoms with Gasteiger partial charge in [-0.05, 0) is 20.5 Å². The largest absolute Gasteiger partial charge is 0.504 e. The molecule has 0 saturated carbocycles. The average molecular weight is 221 g/mol. The van der Waals surface area contributed by atoms with Crippen LogP contribution in [0.2, 0.25) is 5.54 Å². The van der Waals surface area contributed by atoms with Crippen molar-refractivity contribution in [1.82, 2.24) is 4.90 Å². The maximum Gasteiger partial charge on any atom is 0.504 e. The fraction of sp³-hybridized carbons (Fsp3) is 1.00. The molecule has 0 aromatic rings. The Bertz CT molecular complexity index is 143. The Balaban J connectivity index is 4.56. The average Bonchev–Trinajstić information content (AvgIpc) is 2.19. The van der Waals surface area contributed by atoms with Gasteiger partial charge < -0.3 is 18.2 Å². The van der Waals surface area contributed by atoms with Gasteiger partial charge >= 0.3 is 8.80 Å². The highest BCUT2D eigenvalue weighted by Gasteiger charge is 2.46. The highest BCUT2D eigenvalue weighted by molar-refractivity contribution is 6.62. The minimum Gasteiger partial charge on any atom is -0.377 e. The second-order valence-corrected chi connectivity index (χ2v) is 6.83. The van der Waals surface area contributed by atoms with Crippen molar-refractivity contribution >= 4 is 8.80 Å². The summed E-state index contributed by atoms with van der Waals surface area (Å²) in [5.74, 6) is 0. The van der Waals surface area contributed by atoms with Gasteiger partial charge in [0.1, 0.15) is 0 Å². The maximum absolute atomic E-state index is 5.46. The van der Waals surface area contributed by atoms with Crippen molar-refractivity contribution in [2.45, 2.75) is 18.9 Å². The molecule has 86 valence electrons. The Morgan fingerprint density at radius 1 is 1.07 bits per heavy atom. The predicted molar refractivity (Wildman–Crippen MR) is 59.4 cm³/mol. The summed E-state index contributed by atoms with van der Waals surface area (Å²) in [5.41, 5.74) is 0.331. The monoisotopic (exact) mass is 221 g/mol. The van der Waals surface area contributed by atoms with Crippen LogP contribution in [0.5, 0.6) is 0 Å². The second kappa shape index (κ2) is 6.52. The highest BCUT2D eigenvalue weighted by Crippen LogP contribution is 2.27. The zero-order valence-corrected chi connectivity index (χ0v) is 11.2. The van der Waals surface area contributed by atoms with Gasteiger partial charge in [-0.3, -0.25) is 0 Å². The van der Waals surface area contributed by atoms with Gasteiger partial charge in [-0.25, -0.2) is 0 Å². The summed E-state index contributed by atoms with van der Waals surface area (Å²) in [5, 5.41) is 0. The fourth-order valence-corrected chi connectivity index (χ4v) is 4.27. The van der Waals surface area contributed by atoms with Crippen LogP contribution in [0, 0.1) is 0 Å². The van der Waals surface area contributed by atoms with Crippen molar-refractivity contribution in [3.8, 4) is 0 Å². The third-order valence-electron chi connectivity index (χ3n) is 2.43. The van der Waals surface area contributed by atoms with Gasteiger partial charge in [0, 0.05) is 33.4 Å². The van der Waals surface area contributed by atoms with Gasteiger partial charge in [0.15, 0.2) is 0 Å². The second-order valence-electron chi connectivity index (χ2n) is 3.58. The molecule has 0 saturated heterocycles. The summed E-state index contributed by atoms with van der Waals surface area (Å²) >= 11 is 0. The number of rotatable bonds is 7. The van der Waals surface area contributed by atoms with Crippen LogP contribution in [0.25, 0.3) is 0 Å². The van der Waals surface area contributed by atoms with E-state index in [1.807, 2.05) is 14.1 Å². The van der Waals surface area contributed by atoms with Crippen molar-refractivity contribution < 1.29 is 13.3 Å². The van der Waals surface area contributed by atoms with Crippen LogP contribution in [0.4, 0.5) is 0 Å². The van der Waals surface area contributed by atoms with Crippen molar-refractivity contribution in [2.24, 2.45) is 0 Å². The van der Waals surface area contributed by atoms with Crippen molar-refractivity contribution in [3.05, 3.63) is 0 Å². The number of hydrogen-bond donors (Lipinski definition) is 0. The molecule has 0 heterocycles. The molecular weight excluding hydrogens is 198 g/mol. The van der Waals surface area contributed by atoms with Gasteiger partial charge in [0.05, 0.1) is 0 Å². The van der Waals surface area contributed by atoms with Crippen molar-refractivity contribution in [2.75, 3.05) is 42.0 Å². The van der Waals surface area contributed by atoms with Crippen LogP contribution in [-0.2, 0) is 13.3 Å². The predicted octanol–water partition coefficient (Wildman–Crippen LogP) is 1.21. The SMILES string of the molecule is CCC(CN(C)C)[Si](OC)(OC)OC. The summed E-state index contributed by atoms with van der Waals surface area (Å²) in [7, 11) is 6.63. The fourth-order valence-electron chi connectivity index (χ4n) is 1.68. The standard InChI is InChI=1S/C9H23NO3Si/c1-7-9(8-10(2)3)14(11-4,12-5)13-6/h9H,7-8H2,1-6H3. The quantitative estimate of drug-likeness (QED) is 0.605. The van der Waals surface area contributed by atoms with E-state index >= 15 is 0 Å². The third-order valence-corrected chi connectivity index (χ3v) is 5.73. The lowest BCUT2D eigenvalue weighted by atomic mass is 10.3. The van der Waals surface area contributed by atoms with Crippen LogP contribution in [0.1, 0.15) is 13.3 Å². The van der Waals surface area contributed by atoms with Gasteiger partial charge in [0.25, 0.3) is 0 Å². The summed E-state index contributed by atoms with van der Waals surface area (Å²) < 4.78 is 16.4. The van der Waals surface area contributed by atoms with Crippen LogP contribution >= 0.6 is 0 Å². The molecule has 1 atom stereocenters. The zero-order chi connectivity index (χ0) is 11.2. The Hall–Kier alpha value is 0.0569. The van der Waals surface area contributed by atoms with E-state index in [1.165, 1.54) is 0 Å². The number of nitrogens with zero attached hydrogens (tertiary/aromatic N) is 1. The minimum atomic E-state index is -2.45. The van der Waals surface area contributed by atoms with Crippen LogP contribution in [0.15, 0.2) is 0 Å². The normalized spacial score (nSPS) is 14.8. The van der Waals surface area contributed by atoms with E-state index in [-0.39, 0.29) is 0 Å². The van der Waals surface area contributed by atoms with E-state index in [0.717, 1.165) is 13.0 Å². The van der Waals surface area contributed by atoms with Gasteiger partial charge in [-0.15, -0.1) is 0 Å². The minimum absolute atomic E-state index is 0.331. The van der Waals surface area contributed by atoms with Crippen molar-refractivity contribution in [3.63, 3.8) is 0 Å². The summed E-state index contributed by atoms with van der Waals surface area (Å²) in [6.45, 7) is 3.06. The molecule has 0 fully saturated rings. The molecular formula is C9H23NO3Si. The molecule has 0 N–H and O–H groups in total. The molecule has 4 nitrogen and oxygen atoms in total. The van der Waals surface area contributed by atoms with Crippen molar-refractivity contribution in [1.29, 1.82) is 0 Å². The molecule has 0 aliphatic heterocycles. The highest BCUT2D eigenvalue weighted by atomic mass is 28.4. The molecule has 0 aromatic heterocycles. The Kier molecular flexibility index (Phi) is 6.55. The first-order valence-corrected chi connectivity index (χ1v) is 6.66. The smallest absolute Gasteiger partial charge is 0.377 e. The van der Waals surface area contributed by atoms with Crippen LogP contribution in [0.3, 0.4) is 0 Å². The number of hydrogen-bond acceptors (Lipinski definition) is 4. The molecule has 1 unspecified atom stereocenters. The van der Waals surface area contributed by atoms with E-state index in [9.17, 15) is 0 Å². The lowest BCUT2D eigenvalue weighted by Gasteiger charge is -2.33. The zero-order valence-electron chi connectivity index (χ0n) is 10.2. The molecule has 5 heteroatoms. The van der Waals surface area contributed by atoms with Crippen LogP contribution in [-0.4, -0.2) is 55.7 Å². The Labute approximate surface area is 88.5 Å². The van der Waals surface area contributed by atoms with E-state index in [2.05, 4.69) is 11.8 Å². The molecule has 0 bridgehead atoms. The van der Waals surface area contributed by atoms with Gasteiger partial charge in [-0.1, -0.05) is 6.92 Å². The van der Waals surface area contributed by atoms with Gasteiger partial charge in [0.2, 0.25) is 0 Å². The molecule has 0 aliphatic rings. The topological polar surface area (TPSA) is 30.9 Å². The van der Waals surface area contributed by atoms with E-state index in [0.29, 0.717) is 5.54 Å². The van der Waals surface area contributed by atoms with E-state index in [1.54, 1.807) is 21.3 Å². The van der Waals surface area contributed by atoms with E-state index in [4.69, 9.17) is 13.3 Å². The molecule has 14 heavy (non-hydrogen) atoms. The summed E-state index contributed by atoms with van der Waals surface area (Å²) in [4.78, 5) is 2.13. The van der Waals surface area contributed by atoms with Crippen LogP contribution < -0.4 is 0 Å². The Morgan fingerprint density at radius 3 is 1.71 bits per heavy atom. The molecule has 0 aromatic carbocycles. The lowest BCUT2D eigenvalue weighted by Crippen LogP contribution is -2.50. The van der Waals surface area contributed by atoms with E-state index < -0.39 is 8.80 Å². The molecule has 0 rings (SSSR count). The first-order chi connectivity index (χ1) is 6.56. The van der Waals surface area contributed by atoms with Gasteiger partial charge in [-0.2, -0.15) is 0 Å². The maximum atomic E-state index is 5.46. The first-order valence-electron chi connectivity index (χ1n) is 4.86. The molecule has 0 spiro atoms. The summed E-state index contributed by atoms with van der Waals surface area (Å²) in [6.07, 6.45) is 1.000. The molecule has 0 radical (unpaired) electrons. The Morgan fingerprint density at radius 2 is 1.50 bits per heavy atom. The molecule has 0 aliphatic carbocycles. The third kappa shape index (κ3) is 3.32. The first kappa shape index (κ1) is 14.1. The summed E-state index contributed by atoms with van der Waals surface area (Å²) in [6, 6.07) is 0. The molecule has 0 amide bonds.